The van der Waals surface area contributed by atoms with Crippen molar-refractivity contribution in [2.45, 2.75) is 59.5 Å². The largest absolute Gasteiger partial charge is 0.475 e. The van der Waals surface area contributed by atoms with Crippen LogP contribution in [0.25, 0.3) is 0 Å². The SMILES string of the molecule is CC(=O)Oc1c(C)c(C)c2c(c1C)CCC(C)(C(=O)OCCCO[N+](=O)[O-])O2. The summed E-state index contributed by atoms with van der Waals surface area (Å²) in [6, 6.07) is 0. The normalized spacial score (nSPS) is 17.9. The molecule has 0 spiro atoms. The van der Waals surface area contributed by atoms with Crippen LogP contribution in [-0.4, -0.2) is 35.8 Å². The maximum absolute atomic E-state index is 12.5. The van der Waals surface area contributed by atoms with Crippen LogP contribution in [0.15, 0.2) is 0 Å². The predicted octanol–water partition coefficient (Wildman–Crippen LogP) is 2.76. The van der Waals surface area contributed by atoms with Crippen molar-refractivity contribution in [3.05, 3.63) is 32.4 Å². The summed E-state index contributed by atoms with van der Waals surface area (Å²) in [5.74, 6) is 0.215. The number of benzene rings is 1. The van der Waals surface area contributed by atoms with Gasteiger partial charge in [-0.1, -0.05) is 0 Å². The number of rotatable bonds is 7. The summed E-state index contributed by atoms with van der Waals surface area (Å²) in [5.41, 5.74) is 2.14. The zero-order chi connectivity index (χ0) is 21.1. The van der Waals surface area contributed by atoms with Crippen molar-refractivity contribution in [2.75, 3.05) is 13.2 Å². The molecule has 1 aliphatic heterocycles. The van der Waals surface area contributed by atoms with Gasteiger partial charge in [0.15, 0.2) is 0 Å². The van der Waals surface area contributed by atoms with Gasteiger partial charge in [-0.15, -0.1) is 10.1 Å². The molecule has 0 saturated heterocycles. The molecule has 0 radical (unpaired) electrons. The van der Waals surface area contributed by atoms with Crippen LogP contribution in [0.4, 0.5) is 0 Å². The van der Waals surface area contributed by atoms with Crippen molar-refractivity contribution in [2.24, 2.45) is 0 Å². The molecule has 1 aromatic carbocycles. The minimum atomic E-state index is -1.16. The third-order valence-corrected chi connectivity index (χ3v) is 4.89. The number of ether oxygens (including phenoxy) is 3. The van der Waals surface area contributed by atoms with Gasteiger partial charge in [-0.25, -0.2) is 4.79 Å². The molecular weight excluding hydrogens is 370 g/mol. The lowest BCUT2D eigenvalue weighted by atomic mass is 9.87. The molecule has 0 aliphatic carbocycles. The summed E-state index contributed by atoms with van der Waals surface area (Å²) in [5, 5.41) is 9.22. The summed E-state index contributed by atoms with van der Waals surface area (Å²) in [6.45, 7) is 8.43. The molecule has 1 heterocycles. The summed E-state index contributed by atoms with van der Waals surface area (Å²) >= 11 is 0. The van der Waals surface area contributed by atoms with Crippen molar-refractivity contribution < 1.29 is 33.7 Å². The maximum atomic E-state index is 12.5. The Morgan fingerprint density at radius 2 is 1.86 bits per heavy atom. The molecule has 9 nitrogen and oxygen atoms in total. The summed E-state index contributed by atoms with van der Waals surface area (Å²) < 4.78 is 16.7. The van der Waals surface area contributed by atoms with Crippen molar-refractivity contribution in [3.8, 4) is 11.5 Å². The Bertz CT molecular complexity index is 804. The number of carbonyl (C=O) groups is 2. The van der Waals surface area contributed by atoms with E-state index < -0.39 is 22.6 Å². The van der Waals surface area contributed by atoms with Crippen molar-refractivity contribution in [1.82, 2.24) is 0 Å². The number of esters is 2. The Morgan fingerprint density at radius 3 is 2.46 bits per heavy atom. The van der Waals surface area contributed by atoms with E-state index in [1.165, 1.54) is 6.92 Å². The molecule has 1 unspecified atom stereocenters. The first-order valence-electron chi connectivity index (χ1n) is 9.01. The minimum Gasteiger partial charge on any atom is -0.475 e. The third kappa shape index (κ3) is 4.52. The van der Waals surface area contributed by atoms with Gasteiger partial charge in [0.1, 0.15) is 11.5 Å². The Hall–Kier alpha value is -2.84. The Kier molecular flexibility index (Phi) is 6.48. The lowest BCUT2D eigenvalue weighted by molar-refractivity contribution is -0.757. The molecule has 28 heavy (non-hydrogen) atoms. The molecular formula is C19H25NO8. The average molecular weight is 395 g/mol. The van der Waals surface area contributed by atoms with Gasteiger partial charge in [-0.2, -0.15) is 0 Å². The first-order valence-corrected chi connectivity index (χ1v) is 9.01. The van der Waals surface area contributed by atoms with E-state index in [4.69, 9.17) is 14.2 Å². The van der Waals surface area contributed by atoms with Gasteiger partial charge in [0.2, 0.25) is 5.60 Å². The van der Waals surface area contributed by atoms with E-state index in [1.807, 2.05) is 20.8 Å². The second-order valence-electron chi connectivity index (χ2n) is 6.98. The van der Waals surface area contributed by atoms with Crippen LogP contribution in [0.5, 0.6) is 11.5 Å². The third-order valence-electron chi connectivity index (χ3n) is 4.89. The molecule has 0 fully saturated rings. The fourth-order valence-corrected chi connectivity index (χ4v) is 3.19. The van der Waals surface area contributed by atoms with Crippen LogP contribution in [-0.2, 0) is 25.6 Å². The number of hydrogen-bond acceptors (Lipinski definition) is 8. The molecule has 9 heteroatoms. The zero-order valence-electron chi connectivity index (χ0n) is 16.7. The summed E-state index contributed by atoms with van der Waals surface area (Å²) in [4.78, 5) is 38.2. The van der Waals surface area contributed by atoms with Crippen LogP contribution >= 0.6 is 0 Å². The molecule has 2 rings (SSSR count). The van der Waals surface area contributed by atoms with E-state index in [2.05, 4.69) is 4.84 Å². The Morgan fingerprint density at radius 1 is 1.18 bits per heavy atom. The van der Waals surface area contributed by atoms with Gasteiger partial charge in [-0.3, -0.25) is 4.79 Å². The predicted molar refractivity (Wildman–Crippen MR) is 97.8 cm³/mol. The fraction of sp³-hybridized carbons (Fsp3) is 0.579. The molecule has 1 aliphatic rings. The van der Waals surface area contributed by atoms with E-state index in [-0.39, 0.29) is 19.6 Å². The van der Waals surface area contributed by atoms with E-state index >= 15 is 0 Å². The zero-order valence-corrected chi connectivity index (χ0v) is 16.7. The smallest absolute Gasteiger partial charge is 0.350 e. The number of hydrogen-bond donors (Lipinski definition) is 0. The first-order chi connectivity index (χ1) is 13.1. The lowest BCUT2D eigenvalue weighted by Crippen LogP contribution is -2.46. The molecule has 0 amide bonds. The average Bonchev–Trinajstić information content (AvgIpc) is 2.62. The van der Waals surface area contributed by atoms with Crippen molar-refractivity contribution >= 4 is 11.9 Å². The van der Waals surface area contributed by atoms with Crippen molar-refractivity contribution in [1.29, 1.82) is 0 Å². The van der Waals surface area contributed by atoms with Crippen LogP contribution in [0, 0.1) is 30.9 Å². The standard InChI is InChI=1S/C19H25NO8/c1-11-12(2)17-15(13(3)16(11)27-14(4)21)7-8-19(5,28-17)18(22)25-9-6-10-26-20(23)24/h6-10H2,1-5H3. The van der Waals surface area contributed by atoms with Gasteiger partial charge >= 0.3 is 11.9 Å². The summed E-state index contributed by atoms with van der Waals surface area (Å²) in [6.07, 6.45) is 1.17. The molecule has 0 N–H and O–H groups in total. The highest BCUT2D eigenvalue weighted by atomic mass is 16.9. The van der Waals surface area contributed by atoms with Gasteiger partial charge in [0, 0.05) is 25.3 Å². The monoisotopic (exact) mass is 395 g/mol. The highest BCUT2D eigenvalue weighted by Gasteiger charge is 2.42. The number of fused-ring (bicyclic) bond motifs is 1. The first kappa shape index (κ1) is 21.5. The Labute approximate surface area is 163 Å². The minimum absolute atomic E-state index is 0.000900. The second kappa shape index (κ2) is 8.45. The molecule has 0 saturated carbocycles. The highest BCUT2D eigenvalue weighted by Crippen LogP contribution is 2.44. The number of carbonyl (C=O) groups excluding carboxylic acids is 2. The quantitative estimate of drug-likeness (QED) is 0.228. The van der Waals surface area contributed by atoms with Gasteiger partial charge < -0.3 is 19.0 Å². The second-order valence-corrected chi connectivity index (χ2v) is 6.98. The lowest BCUT2D eigenvalue weighted by Gasteiger charge is -2.36. The van der Waals surface area contributed by atoms with E-state index in [0.717, 1.165) is 22.3 Å². The molecule has 0 aromatic heterocycles. The topological polar surface area (TPSA) is 114 Å². The fourth-order valence-electron chi connectivity index (χ4n) is 3.19. The van der Waals surface area contributed by atoms with Gasteiger partial charge in [0.05, 0.1) is 13.2 Å². The highest BCUT2D eigenvalue weighted by molar-refractivity contribution is 5.80. The summed E-state index contributed by atoms with van der Waals surface area (Å²) in [7, 11) is 0. The van der Waals surface area contributed by atoms with Crippen molar-refractivity contribution in [3.63, 3.8) is 0 Å². The Balaban J connectivity index is 2.15. The maximum Gasteiger partial charge on any atom is 0.350 e. The van der Waals surface area contributed by atoms with E-state index in [1.54, 1.807) is 6.92 Å². The van der Waals surface area contributed by atoms with Gasteiger partial charge in [-0.05, 0) is 50.8 Å². The molecule has 1 aromatic rings. The molecule has 0 bridgehead atoms. The van der Waals surface area contributed by atoms with Crippen LogP contribution < -0.4 is 9.47 Å². The molecule has 1 atom stereocenters. The van der Waals surface area contributed by atoms with Crippen LogP contribution in [0.1, 0.15) is 48.9 Å². The number of nitrogens with zero attached hydrogens (tertiary/aromatic N) is 1. The molecule has 154 valence electrons. The van der Waals surface area contributed by atoms with Gasteiger partial charge in [0.25, 0.3) is 5.09 Å². The van der Waals surface area contributed by atoms with Crippen LogP contribution in [0.2, 0.25) is 0 Å². The van der Waals surface area contributed by atoms with Crippen LogP contribution in [0.3, 0.4) is 0 Å². The van der Waals surface area contributed by atoms with E-state index in [9.17, 15) is 19.7 Å². The van der Waals surface area contributed by atoms with E-state index in [0.29, 0.717) is 24.3 Å².